The van der Waals surface area contributed by atoms with Crippen molar-refractivity contribution >= 4 is 0 Å². The van der Waals surface area contributed by atoms with Crippen LogP contribution >= 0.6 is 0 Å². The van der Waals surface area contributed by atoms with Crippen LogP contribution < -0.4 is 4.74 Å². The number of aryl methyl sites for hydroxylation is 1. The summed E-state index contributed by atoms with van der Waals surface area (Å²) in [6.07, 6.45) is 4.08. The highest BCUT2D eigenvalue weighted by Crippen LogP contribution is 2.27. The Labute approximate surface area is 154 Å². The predicted octanol–water partition coefficient (Wildman–Crippen LogP) is 2.36. The zero-order valence-corrected chi connectivity index (χ0v) is 15.6. The maximum Gasteiger partial charge on any atom is 0.171 e. The first-order chi connectivity index (χ1) is 12.7. The van der Waals surface area contributed by atoms with Gasteiger partial charge >= 0.3 is 0 Å². The summed E-state index contributed by atoms with van der Waals surface area (Å²) in [5, 5.41) is 8.84. The summed E-state index contributed by atoms with van der Waals surface area (Å²) >= 11 is 0. The van der Waals surface area contributed by atoms with Crippen molar-refractivity contribution in [2.75, 3.05) is 26.3 Å². The first-order valence-electron chi connectivity index (χ1n) is 9.50. The van der Waals surface area contributed by atoms with E-state index >= 15 is 0 Å². The topological polar surface area (TPSA) is 65.3 Å². The van der Waals surface area contributed by atoms with E-state index in [4.69, 9.17) is 9.47 Å². The van der Waals surface area contributed by atoms with E-state index in [1.165, 1.54) is 12.8 Å². The Morgan fingerprint density at radius 2 is 2.04 bits per heavy atom. The van der Waals surface area contributed by atoms with Crippen LogP contribution in [0.15, 0.2) is 18.3 Å². The molecule has 0 spiro atoms. The highest BCUT2D eigenvalue weighted by molar-refractivity contribution is 5.19. The molecule has 1 atom stereocenters. The Bertz CT molecular complexity index is 724. The van der Waals surface area contributed by atoms with Gasteiger partial charge in [-0.2, -0.15) is 0 Å². The van der Waals surface area contributed by atoms with Gasteiger partial charge in [0.15, 0.2) is 5.82 Å². The fourth-order valence-corrected chi connectivity index (χ4v) is 3.79. The van der Waals surface area contributed by atoms with Crippen molar-refractivity contribution in [1.29, 1.82) is 0 Å². The SMILES string of the molecule is Cc1ccc(OCc2nnc3n2CCN(CC2CCOCC2)C3C)cn1. The molecule has 1 fully saturated rings. The maximum atomic E-state index is 5.84. The summed E-state index contributed by atoms with van der Waals surface area (Å²) in [5.74, 6) is 3.43. The predicted molar refractivity (Wildman–Crippen MR) is 96.9 cm³/mol. The van der Waals surface area contributed by atoms with Gasteiger partial charge in [-0.3, -0.25) is 9.88 Å². The van der Waals surface area contributed by atoms with Crippen LogP contribution in [0.5, 0.6) is 5.75 Å². The lowest BCUT2D eigenvalue weighted by molar-refractivity contribution is 0.0408. The summed E-state index contributed by atoms with van der Waals surface area (Å²) in [6.45, 7) is 9.49. The molecule has 0 aliphatic carbocycles. The Morgan fingerprint density at radius 1 is 1.19 bits per heavy atom. The fourth-order valence-electron chi connectivity index (χ4n) is 3.79. The van der Waals surface area contributed by atoms with Gasteiger partial charge in [0.25, 0.3) is 0 Å². The molecule has 0 saturated carbocycles. The minimum absolute atomic E-state index is 0.286. The van der Waals surface area contributed by atoms with E-state index in [2.05, 4.69) is 31.6 Å². The number of nitrogens with zero attached hydrogens (tertiary/aromatic N) is 5. The van der Waals surface area contributed by atoms with Crippen molar-refractivity contribution in [1.82, 2.24) is 24.6 Å². The summed E-state index contributed by atoms with van der Waals surface area (Å²) in [5.41, 5.74) is 0.982. The first-order valence-corrected chi connectivity index (χ1v) is 9.50. The third kappa shape index (κ3) is 3.73. The molecule has 0 N–H and O–H groups in total. The minimum Gasteiger partial charge on any atom is -0.484 e. The number of ether oxygens (including phenoxy) is 2. The molecule has 4 rings (SSSR count). The molecule has 1 saturated heterocycles. The van der Waals surface area contributed by atoms with Crippen molar-refractivity contribution < 1.29 is 9.47 Å². The standard InChI is InChI=1S/C19H27N5O2/c1-14-3-4-17(11-20-14)26-13-18-21-22-19-15(2)23(7-8-24(18)19)12-16-5-9-25-10-6-16/h3-4,11,15-16H,5-10,12-13H2,1-2H3. The van der Waals surface area contributed by atoms with Gasteiger partial charge in [0.05, 0.1) is 12.2 Å². The summed E-state index contributed by atoms with van der Waals surface area (Å²) in [7, 11) is 0. The highest BCUT2D eigenvalue weighted by atomic mass is 16.5. The zero-order chi connectivity index (χ0) is 17.9. The highest BCUT2D eigenvalue weighted by Gasteiger charge is 2.30. The van der Waals surface area contributed by atoms with Gasteiger partial charge in [-0.15, -0.1) is 10.2 Å². The Kier molecular flexibility index (Phi) is 5.17. The number of rotatable bonds is 5. The molecular weight excluding hydrogens is 330 g/mol. The van der Waals surface area contributed by atoms with E-state index in [0.29, 0.717) is 6.61 Å². The van der Waals surface area contributed by atoms with E-state index in [-0.39, 0.29) is 6.04 Å². The Balaban J connectivity index is 1.39. The van der Waals surface area contributed by atoms with E-state index < -0.39 is 0 Å². The Hall–Kier alpha value is -1.99. The van der Waals surface area contributed by atoms with Gasteiger partial charge in [-0.1, -0.05) is 0 Å². The Morgan fingerprint density at radius 3 is 2.81 bits per heavy atom. The normalized spacial score (nSPS) is 21.5. The minimum atomic E-state index is 0.286. The van der Waals surface area contributed by atoms with Crippen molar-refractivity contribution in [3.8, 4) is 5.75 Å². The zero-order valence-electron chi connectivity index (χ0n) is 15.6. The third-order valence-electron chi connectivity index (χ3n) is 5.47. The molecule has 2 aromatic heterocycles. The molecule has 0 amide bonds. The molecule has 2 aliphatic rings. The molecule has 2 aliphatic heterocycles. The molecule has 140 valence electrons. The number of fused-ring (bicyclic) bond motifs is 1. The molecular formula is C19H27N5O2. The largest absolute Gasteiger partial charge is 0.484 e. The lowest BCUT2D eigenvalue weighted by Crippen LogP contribution is -2.41. The molecule has 7 nitrogen and oxygen atoms in total. The van der Waals surface area contributed by atoms with E-state index in [1.54, 1.807) is 6.20 Å². The second kappa shape index (κ2) is 7.72. The van der Waals surface area contributed by atoms with E-state index in [1.807, 2.05) is 19.1 Å². The summed E-state index contributed by atoms with van der Waals surface area (Å²) < 4.78 is 13.5. The molecule has 0 aromatic carbocycles. The van der Waals surface area contributed by atoms with Crippen molar-refractivity contribution in [3.05, 3.63) is 35.7 Å². The van der Waals surface area contributed by atoms with Gasteiger partial charge in [0.2, 0.25) is 0 Å². The van der Waals surface area contributed by atoms with Crippen LogP contribution in [0.4, 0.5) is 0 Å². The van der Waals surface area contributed by atoms with Crippen LogP contribution in [-0.4, -0.2) is 51.0 Å². The van der Waals surface area contributed by atoms with E-state index in [0.717, 1.165) is 61.9 Å². The first kappa shape index (κ1) is 17.4. The average molecular weight is 357 g/mol. The fraction of sp³-hybridized carbons (Fsp3) is 0.632. The van der Waals surface area contributed by atoms with Crippen molar-refractivity contribution in [3.63, 3.8) is 0 Å². The monoisotopic (exact) mass is 357 g/mol. The number of hydrogen-bond donors (Lipinski definition) is 0. The molecule has 2 aromatic rings. The van der Waals surface area contributed by atoms with Crippen LogP contribution in [0.1, 0.15) is 43.1 Å². The van der Waals surface area contributed by atoms with Gasteiger partial charge in [0.1, 0.15) is 18.2 Å². The lowest BCUT2D eigenvalue weighted by atomic mass is 9.98. The summed E-state index contributed by atoms with van der Waals surface area (Å²) in [6, 6.07) is 4.17. The van der Waals surface area contributed by atoms with Crippen LogP contribution in [0.2, 0.25) is 0 Å². The second-order valence-electron chi connectivity index (χ2n) is 7.28. The van der Waals surface area contributed by atoms with Gasteiger partial charge < -0.3 is 14.0 Å². The molecule has 0 radical (unpaired) electrons. The molecule has 1 unspecified atom stereocenters. The number of hydrogen-bond acceptors (Lipinski definition) is 6. The quantitative estimate of drug-likeness (QED) is 0.818. The smallest absolute Gasteiger partial charge is 0.171 e. The molecule has 0 bridgehead atoms. The number of aromatic nitrogens is 4. The van der Waals surface area contributed by atoms with E-state index in [9.17, 15) is 0 Å². The molecule has 4 heterocycles. The van der Waals surface area contributed by atoms with Crippen molar-refractivity contribution in [2.45, 2.75) is 45.9 Å². The van der Waals surface area contributed by atoms with Crippen LogP contribution in [0.3, 0.4) is 0 Å². The van der Waals surface area contributed by atoms with Gasteiger partial charge in [-0.05, 0) is 44.7 Å². The van der Waals surface area contributed by atoms with Crippen LogP contribution in [0.25, 0.3) is 0 Å². The number of pyridine rings is 1. The second-order valence-corrected chi connectivity index (χ2v) is 7.28. The average Bonchev–Trinajstić information content (AvgIpc) is 3.08. The molecule has 26 heavy (non-hydrogen) atoms. The summed E-state index contributed by atoms with van der Waals surface area (Å²) in [4.78, 5) is 6.80. The van der Waals surface area contributed by atoms with Crippen molar-refractivity contribution in [2.24, 2.45) is 5.92 Å². The lowest BCUT2D eigenvalue weighted by Gasteiger charge is -2.37. The van der Waals surface area contributed by atoms with Crippen LogP contribution in [-0.2, 0) is 17.9 Å². The third-order valence-corrected chi connectivity index (χ3v) is 5.47. The van der Waals surface area contributed by atoms with Gasteiger partial charge in [0, 0.05) is 38.5 Å². The molecule has 7 heteroatoms. The van der Waals surface area contributed by atoms with Gasteiger partial charge in [-0.25, -0.2) is 0 Å². The van der Waals surface area contributed by atoms with Crippen LogP contribution in [0, 0.1) is 12.8 Å². The maximum absolute atomic E-state index is 5.84.